The molecule has 0 fully saturated rings. The molecule has 0 saturated heterocycles. The second-order valence-electron chi connectivity index (χ2n) is 5.95. The summed E-state index contributed by atoms with van der Waals surface area (Å²) in [7, 11) is 0. The van der Waals surface area contributed by atoms with Gasteiger partial charge in [0.05, 0.1) is 22.8 Å². The fourth-order valence-electron chi connectivity index (χ4n) is 2.92. The zero-order valence-electron chi connectivity index (χ0n) is 13.5. The Bertz CT molecular complexity index is 1030. The molecule has 0 aliphatic carbocycles. The second-order valence-corrected chi connectivity index (χ2v) is 5.95. The van der Waals surface area contributed by atoms with Crippen LogP contribution in [-0.4, -0.2) is 27.6 Å². The van der Waals surface area contributed by atoms with Crippen LogP contribution in [0.4, 0.5) is 4.39 Å². The molecule has 6 nitrogen and oxygen atoms in total. The van der Waals surface area contributed by atoms with Crippen molar-refractivity contribution in [3.05, 3.63) is 65.7 Å². The molecular weight excluding hydrogens is 335 g/mol. The first-order valence-electron chi connectivity index (χ1n) is 8.02. The number of imidazole rings is 1. The number of carbonyl (C=O) groups excluding carboxylic acids is 1. The number of benzene rings is 2. The van der Waals surface area contributed by atoms with Crippen LogP contribution in [0.3, 0.4) is 0 Å². The fraction of sp³-hybridized carbons (Fsp3) is 0.158. The number of ketones is 1. The zero-order valence-corrected chi connectivity index (χ0v) is 13.5. The highest BCUT2D eigenvalue weighted by atomic mass is 19.1. The van der Waals surface area contributed by atoms with Gasteiger partial charge in [0.1, 0.15) is 11.6 Å². The van der Waals surface area contributed by atoms with E-state index in [0.29, 0.717) is 16.8 Å². The summed E-state index contributed by atoms with van der Waals surface area (Å²) in [5.41, 5.74) is 2.46. The van der Waals surface area contributed by atoms with E-state index in [-0.39, 0.29) is 12.2 Å². The molecule has 26 heavy (non-hydrogen) atoms. The van der Waals surface area contributed by atoms with Crippen LogP contribution in [0.2, 0.25) is 0 Å². The lowest BCUT2D eigenvalue weighted by Crippen LogP contribution is -2.27. The van der Waals surface area contributed by atoms with E-state index in [2.05, 4.69) is 15.1 Å². The molecule has 0 bridgehead atoms. The first-order chi connectivity index (χ1) is 12.7. The van der Waals surface area contributed by atoms with Crippen LogP contribution < -0.4 is 0 Å². The van der Waals surface area contributed by atoms with Crippen molar-refractivity contribution in [2.75, 3.05) is 0 Å². The molecule has 2 heterocycles. The SMILES string of the molecule is N#C[C@H](C(=O)[C@H]1CC(c2cccc(F)c2)=NO1)c1nc2ccccc2[nH]1. The number of oxime groups is 1. The number of H-pyrrole nitrogens is 1. The van der Waals surface area contributed by atoms with Crippen molar-refractivity contribution in [2.24, 2.45) is 5.16 Å². The van der Waals surface area contributed by atoms with Gasteiger partial charge < -0.3 is 9.82 Å². The molecule has 1 aliphatic rings. The number of nitrogens with zero attached hydrogens (tertiary/aromatic N) is 3. The highest BCUT2D eigenvalue weighted by molar-refractivity contribution is 6.05. The average Bonchev–Trinajstić information content (AvgIpc) is 3.29. The van der Waals surface area contributed by atoms with Crippen LogP contribution in [0.5, 0.6) is 0 Å². The normalized spacial score (nSPS) is 17.4. The number of nitriles is 1. The number of hydrogen-bond donors (Lipinski definition) is 1. The quantitative estimate of drug-likeness (QED) is 0.784. The third-order valence-electron chi connectivity index (χ3n) is 4.24. The Morgan fingerprint density at radius 1 is 1.31 bits per heavy atom. The van der Waals surface area contributed by atoms with Gasteiger partial charge in [0.15, 0.2) is 12.0 Å². The van der Waals surface area contributed by atoms with Crippen LogP contribution in [0, 0.1) is 17.1 Å². The van der Waals surface area contributed by atoms with Crippen molar-refractivity contribution < 1.29 is 14.0 Å². The van der Waals surface area contributed by atoms with E-state index in [4.69, 9.17) is 4.84 Å². The van der Waals surface area contributed by atoms with Gasteiger partial charge in [-0.25, -0.2) is 9.37 Å². The van der Waals surface area contributed by atoms with E-state index >= 15 is 0 Å². The zero-order chi connectivity index (χ0) is 18.1. The van der Waals surface area contributed by atoms with Gasteiger partial charge in [-0.2, -0.15) is 5.26 Å². The summed E-state index contributed by atoms with van der Waals surface area (Å²) in [6, 6.07) is 15.2. The summed E-state index contributed by atoms with van der Waals surface area (Å²) in [6.45, 7) is 0. The lowest BCUT2D eigenvalue weighted by atomic mass is 9.95. The van der Waals surface area contributed by atoms with Crippen molar-refractivity contribution in [1.29, 1.82) is 5.26 Å². The van der Waals surface area contributed by atoms with Crippen molar-refractivity contribution in [3.63, 3.8) is 0 Å². The highest BCUT2D eigenvalue weighted by Gasteiger charge is 2.36. The Morgan fingerprint density at radius 2 is 2.15 bits per heavy atom. The lowest BCUT2D eigenvalue weighted by Gasteiger charge is -2.10. The summed E-state index contributed by atoms with van der Waals surface area (Å²) in [6.07, 6.45) is -0.716. The predicted molar refractivity (Wildman–Crippen MR) is 91.9 cm³/mol. The van der Waals surface area contributed by atoms with Crippen molar-refractivity contribution in [1.82, 2.24) is 9.97 Å². The molecule has 1 aromatic heterocycles. The lowest BCUT2D eigenvalue weighted by molar-refractivity contribution is -0.129. The largest absolute Gasteiger partial charge is 0.384 e. The molecule has 0 unspecified atom stereocenters. The first-order valence-corrected chi connectivity index (χ1v) is 8.02. The molecule has 0 spiro atoms. The van der Waals surface area contributed by atoms with Crippen LogP contribution in [-0.2, 0) is 9.63 Å². The van der Waals surface area contributed by atoms with E-state index in [0.717, 1.165) is 5.52 Å². The van der Waals surface area contributed by atoms with Crippen molar-refractivity contribution in [3.8, 4) is 6.07 Å². The summed E-state index contributed by atoms with van der Waals surface area (Å²) in [5, 5.41) is 13.4. The molecule has 1 N–H and O–H groups in total. The number of hydrogen-bond acceptors (Lipinski definition) is 5. The maximum atomic E-state index is 13.4. The van der Waals surface area contributed by atoms with Gasteiger partial charge in [0.25, 0.3) is 0 Å². The summed E-state index contributed by atoms with van der Waals surface area (Å²) in [4.78, 5) is 25.3. The van der Waals surface area contributed by atoms with Crippen molar-refractivity contribution >= 4 is 22.5 Å². The molecule has 0 radical (unpaired) electrons. The van der Waals surface area contributed by atoms with E-state index in [9.17, 15) is 14.4 Å². The molecule has 0 amide bonds. The minimum atomic E-state index is -1.09. The topological polar surface area (TPSA) is 91.1 Å². The number of halogens is 1. The van der Waals surface area contributed by atoms with Crippen LogP contribution in [0.15, 0.2) is 53.7 Å². The van der Waals surface area contributed by atoms with Crippen LogP contribution >= 0.6 is 0 Å². The number of nitrogens with one attached hydrogen (secondary N) is 1. The van der Waals surface area contributed by atoms with Crippen LogP contribution in [0.25, 0.3) is 11.0 Å². The first kappa shape index (κ1) is 16.0. The Labute approximate surface area is 147 Å². The van der Waals surface area contributed by atoms with Gasteiger partial charge >= 0.3 is 0 Å². The smallest absolute Gasteiger partial charge is 0.201 e. The molecule has 7 heteroatoms. The average molecular weight is 348 g/mol. The number of para-hydroxylation sites is 2. The van der Waals surface area contributed by atoms with E-state index in [1.807, 2.05) is 24.3 Å². The van der Waals surface area contributed by atoms with Gasteiger partial charge in [-0.3, -0.25) is 4.79 Å². The summed E-state index contributed by atoms with van der Waals surface area (Å²) >= 11 is 0. The number of rotatable bonds is 4. The standard InChI is InChI=1S/C19H13FN4O2/c20-12-5-3-4-11(8-12)16-9-17(26-24-16)18(25)13(10-21)19-22-14-6-1-2-7-15(14)23-19/h1-8,13,17H,9H2,(H,22,23)/t13-,17-/m1/s1. The number of carbonyl (C=O) groups is 1. The molecule has 128 valence electrons. The molecule has 0 saturated carbocycles. The Hall–Kier alpha value is -3.53. The molecule has 1 aliphatic heterocycles. The molecule has 3 aromatic rings. The molecular formula is C19H13FN4O2. The second kappa shape index (κ2) is 6.41. The predicted octanol–water partition coefficient (Wildman–Crippen LogP) is 3.07. The third kappa shape index (κ3) is 2.82. The van der Waals surface area contributed by atoms with Crippen LogP contribution in [0.1, 0.15) is 23.7 Å². The number of aromatic nitrogens is 2. The minimum absolute atomic E-state index is 0.181. The van der Waals surface area contributed by atoms with Gasteiger partial charge in [0, 0.05) is 12.0 Å². The fourth-order valence-corrected chi connectivity index (χ4v) is 2.92. The van der Waals surface area contributed by atoms with E-state index < -0.39 is 23.6 Å². The molecule has 4 rings (SSSR count). The number of Topliss-reactive ketones (excluding diaryl/α,β-unsaturated/α-hetero) is 1. The third-order valence-corrected chi connectivity index (χ3v) is 4.24. The molecule has 2 aromatic carbocycles. The van der Waals surface area contributed by atoms with E-state index in [1.54, 1.807) is 18.2 Å². The number of aromatic amines is 1. The summed E-state index contributed by atoms with van der Waals surface area (Å²) in [5.74, 6) is -1.63. The molecule has 2 atom stereocenters. The maximum absolute atomic E-state index is 13.4. The van der Waals surface area contributed by atoms with Gasteiger partial charge in [-0.15, -0.1) is 0 Å². The highest BCUT2D eigenvalue weighted by Crippen LogP contribution is 2.25. The maximum Gasteiger partial charge on any atom is 0.201 e. The Balaban J connectivity index is 1.54. The Kier molecular flexibility index (Phi) is 3.93. The van der Waals surface area contributed by atoms with Gasteiger partial charge in [0.2, 0.25) is 5.78 Å². The monoisotopic (exact) mass is 348 g/mol. The van der Waals surface area contributed by atoms with Gasteiger partial charge in [-0.1, -0.05) is 29.4 Å². The van der Waals surface area contributed by atoms with Crippen molar-refractivity contribution in [2.45, 2.75) is 18.4 Å². The minimum Gasteiger partial charge on any atom is -0.384 e. The summed E-state index contributed by atoms with van der Waals surface area (Å²) < 4.78 is 13.4. The van der Waals surface area contributed by atoms with Gasteiger partial charge in [-0.05, 0) is 24.3 Å². The number of fused-ring (bicyclic) bond motifs is 1. The van der Waals surface area contributed by atoms with E-state index in [1.165, 1.54) is 12.1 Å². The Morgan fingerprint density at radius 3 is 2.92 bits per heavy atom.